The zero-order valence-electron chi connectivity index (χ0n) is 14.7. The average molecular weight is 357 g/mol. The largest absolute Gasteiger partial charge is 0.371 e. The highest BCUT2D eigenvalue weighted by Gasteiger charge is 2.16. The number of anilines is 1. The Hall–Kier alpha value is -2.00. The molecule has 0 aliphatic carbocycles. The van der Waals surface area contributed by atoms with Crippen LogP contribution in [0.5, 0.6) is 0 Å². The Balaban J connectivity index is 1.51. The molecule has 0 radical (unpaired) electrons. The summed E-state index contributed by atoms with van der Waals surface area (Å²) >= 11 is 6.10. The van der Waals surface area contributed by atoms with Gasteiger partial charge in [-0.1, -0.05) is 48.9 Å². The molecule has 1 atom stereocenters. The van der Waals surface area contributed by atoms with Gasteiger partial charge in [0, 0.05) is 30.3 Å². The van der Waals surface area contributed by atoms with E-state index >= 15 is 0 Å². The summed E-state index contributed by atoms with van der Waals surface area (Å²) in [7, 11) is 0. The van der Waals surface area contributed by atoms with Gasteiger partial charge in [-0.2, -0.15) is 0 Å². The molecular formula is C21H25ClN2O. The van der Waals surface area contributed by atoms with E-state index in [1.807, 2.05) is 24.3 Å². The second-order valence-corrected chi connectivity index (χ2v) is 7.31. The fourth-order valence-corrected chi connectivity index (χ4v) is 3.53. The monoisotopic (exact) mass is 356 g/mol. The van der Waals surface area contributed by atoms with Gasteiger partial charge in [-0.3, -0.25) is 4.79 Å². The Kier molecular flexibility index (Phi) is 5.98. The Morgan fingerprint density at radius 1 is 1.20 bits per heavy atom. The van der Waals surface area contributed by atoms with Gasteiger partial charge in [0.15, 0.2) is 0 Å². The van der Waals surface area contributed by atoms with Crippen LogP contribution in [0.2, 0.25) is 5.02 Å². The van der Waals surface area contributed by atoms with Gasteiger partial charge < -0.3 is 10.2 Å². The molecule has 0 unspecified atom stereocenters. The minimum Gasteiger partial charge on any atom is -0.371 e. The van der Waals surface area contributed by atoms with Crippen molar-refractivity contribution < 1.29 is 4.79 Å². The van der Waals surface area contributed by atoms with Gasteiger partial charge in [0.1, 0.15) is 0 Å². The van der Waals surface area contributed by atoms with Gasteiger partial charge in [0.2, 0.25) is 5.91 Å². The zero-order chi connectivity index (χ0) is 17.6. The van der Waals surface area contributed by atoms with Crippen molar-refractivity contribution in [2.45, 2.75) is 32.7 Å². The van der Waals surface area contributed by atoms with Crippen molar-refractivity contribution in [3.8, 4) is 0 Å². The van der Waals surface area contributed by atoms with E-state index in [2.05, 4.69) is 41.4 Å². The Morgan fingerprint density at radius 3 is 2.68 bits per heavy atom. The molecule has 4 heteroatoms. The van der Waals surface area contributed by atoms with Crippen LogP contribution in [0, 0.1) is 5.92 Å². The molecule has 2 aromatic rings. The SMILES string of the molecule is C[C@H]1CCCN(c2ccc(CNC(=O)Cc3ccccc3Cl)cc2)C1. The van der Waals surface area contributed by atoms with Crippen molar-refractivity contribution in [3.63, 3.8) is 0 Å². The van der Waals surface area contributed by atoms with E-state index in [0.29, 0.717) is 18.0 Å². The lowest BCUT2D eigenvalue weighted by molar-refractivity contribution is -0.120. The van der Waals surface area contributed by atoms with Crippen LogP contribution in [0.15, 0.2) is 48.5 Å². The van der Waals surface area contributed by atoms with Gasteiger partial charge >= 0.3 is 0 Å². The molecule has 1 fully saturated rings. The second-order valence-electron chi connectivity index (χ2n) is 6.90. The van der Waals surface area contributed by atoms with E-state index in [9.17, 15) is 4.79 Å². The van der Waals surface area contributed by atoms with Crippen LogP contribution in [0.1, 0.15) is 30.9 Å². The molecule has 1 heterocycles. The van der Waals surface area contributed by atoms with Gasteiger partial charge in [-0.15, -0.1) is 0 Å². The first-order chi connectivity index (χ1) is 12.1. The summed E-state index contributed by atoms with van der Waals surface area (Å²) in [6.07, 6.45) is 2.90. The fourth-order valence-electron chi connectivity index (χ4n) is 3.33. The predicted octanol–water partition coefficient (Wildman–Crippen LogP) is 4.44. The summed E-state index contributed by atoms with van der Waals surface area (Å²) in [4.78, 5) is 14.6. The Bertz CT molecular complexity index is 714. The quantitative estimate of drug-likeness (QED) is 0.859. The summed E-state index contributed by atoms with van der Waals surface area (Å²) in [5.74, 6) is 0.750. The van der Waals surface area contributed by atoms with Crippen molar-refractivity contribution in [1.82, 2.24) is 5.32 Å². The summed E-state index contributed by atoms with van der Waals surface area (Å²) < 4.78 is 0. The van der Waals surface area contributed by atoms with E-state index in [0.717, 1.165) is 30.1 Å². The lowest BCUT2D eigenvalue weighted by Gasteiger charge is -2.32. The van der Waals surface area contributed by atoms with E-state index in [1.54, 1.807) is 0 Å². The highest BCUT2D eigenvalue weighted by atomic mass is 35.5. The first kappa shape index (κ1) is 17.8. The third-order valence-electron chi connectivity index (χ3n) is 4.76. The zero-order valence-corrected chi connectivity index (χ0v) is 15.4. The molecule has 1 aliphatic rings. The van der Waals surface area contributed by atoms with Crippen molar-refractivity contribution in [1.29, 1.82) is 0 Å². The van der Waals surface area contributed by atoms with Crippen molar-refractivity contribution >= 4 is 23.2 Å². The maximum absolute atomic E-state index is 12.1. The smallest absolute Gasteiger partial charge is 0.224 e. The van der Waals surface area contributed by atoms with Crippen LogP contribution in [0.4, 0.5) is 5.69 Å². The molecule has 1 N–H and O–H groups in total. The number of nitrogens with one attached hydrogen (secondary N) is 1. The number of halogens is 1. The van der Waals surface area contributed by atoms with Gasteiger partial charge in [-0.05, 0) is 48.1 Å². The summed E-state index contributed by atoms with van der Waals surface area (Å²) in [5, 5.41) is 3.61. The summed E-state index contributed by atoms with van der Waals surface area (Å²) in [6, 6.07) is 16.0. The number of piperidine rings is 1. The lowest BCUT2D eigenvalue weighted by atomic mass is 9.99. The molecule has 0 aromatic heterocycles. The normalized spacial score (nSPS) is 17.4. The topological polar surface area (TPSA) is 32.3 Å². The van der Waals surface area contributed by atoms with Crippen LogP contribution >= 0.6 is 11.6 Å². The van der Waals surface area contributed by atoms with Crippen molar-refractivity contribution in [2.75, 3.05) is 18.0 Å². The van der Waals surface area contributed by atoms with Crippen LogP contribution in [0.3, 0.4) is 0 Å². The third-order valence-corrected chi connectivity index (χ3v) is 5.13. The first-order valence-corrected chi connectivity index (χ1v) is 9.33. The minimum atomic E-state index is -0.0120. The number of carbonyl (C=O) groups excluding carboxylic acids is 1. The fraction of sp³-hybridized carbons (Fsp3) is 0.381. The van der Waals surface area contributed by atoms with Crippen LogP contribution in [-0.2, 0) is 17.8 Å². The minimum absolute atomic E-state index is 0.0120. The molecule has 3 nitrogen and oxygen atoms in total. The molecule has 1 aliphatic heterocycles. The summed E-state index contributed by atoms with van der Waals surface area (Å²) in [5.41, 5.74) is 3.25. The standard InChI is InChI=1S/C21H25ClN2O/c1-16-5-4-12-24(15-16)19-10-8-17(9-11-19)14-23-21(25)13-18-6-2-3-7-20(18)22/h2-3,6-11,16H,4-5,12-15H2,1H3,(H,23,25)/t16-/m0/s1. The van der Waals surface area contributed by atoms with Gasteiger partial charge in [-0.25, -0.2) is 0 Å². The predicted molar refractivity (Wildman–Crippen MR) is 104 cm³/mol. The van der Waals surface area contributed by atoms with E-state index in [-0.39, 0.29) is 5.91 Å². The number of benzene rings is 2. The molecule has 1 saturated heterocycles. The molecule has 25 heavy (non-hydrogen) atoms. The van der Waals surface area contributed by atoms with Gasteiger partial charge in [0.05, 0.1) is 6.42 Å². The highest BCUT2D eigenvalue weighted by molar-refractivity contribution is 6.31. The molecule has 132 valence electrons. The van der Waals surface area contributed by atoms with Crippen molar-refractivity contribution in [3.05, 3.63) is 64.7 Å². The third kappa shape index (κ3) is 4.99. The molecule has 3 rings (SSSR count). The van der Waals surface area contributed by atoms with Gasteiger partial charge in [0.25, 0.3) is 0 Å². The Morgan fingerprint density at radius 2 is 1.96 bits per heavy atom. The molecule has 1 amide bonds. The highest BCUT2D eigenvalue weighted by Crippen LogP contribution is 2.23. The van der Waals surface area contributed by atoms with Crippen molar-refractivity contribution in [2.24, 2.45) is 5.92 Å². The Labute approximate surface area is 155 Å². The number of hydrogen-bond acceptors (Lipinski definition) is 2. The number of amides is 1. The van der Waals surface area contributed by atoms with Crippen LogP contribution in [0.25, 0.3) is 0 Å². The number of nitrogens with zero attached hydrogens (tertiary/aromatic N) is 1. The average Bonchev–Trinajstić information content (AvgIpc) is 2.62. The molecule has 0 bridgehead atoms. The number of hydrogen-bond donors (Lipinski definition) is 1. The molecular weight excluding hydrogens is 332 g/mol. The molecule has 2 aromatic carbocycles. The maximum atomic E-state index is 12.1. The molecule has 0 saturated carbocycles. The second kappa shape index (κ2) is 8.39. The molecule has 0 spiro atoms. The first-order valence-electron chi connectivity index (χ1n) is 8.96. The summed E-state index contributed by atoms with van der Waals surface area (Å²) in [6.45, 7) is 5.13. The lowest BCUT2D eigenvalue weighted by Crippen LogP contribution is -2.34. The van der Waals surface area contributed by atoms with E-state index < -0.39 is 0 Å². The van der Waals surface area contributed by atoms with Crippen LogP contribution < -0.4 is 10.2 Å². The van der Waals surface area contributed by atoms with Crippen LogP contribution in [-0.4, -0.2) is 19.0 Å². The number of rotatable bonds is 5. The maximum Gasteiger partial charge on any atom is 0.224 e. The number of carbonyl (C=O) groups is 1. The van der Waals surface area contributed by atoms with E-state index in [1.165, 1.54) is 18.5 Å². The van der Waals surface area contributed by atoms with E-state index in [4.69, 9.17) is 11.6 Å².